The molecule has 1 N–H and O–H groups in total. The summed E-state index contributed by atoms with van der Waals surface area (Å²) < 4.78 is 0. The van der Waals surface area contributed by atoms with Crippen molar-refractivity contribution in [1.82, 2.24) is 5.32 Å². The minimum atomic E-state index is 0.409. The van der Waals surface area contributed by atoms with Crippen molar-refractivity contribution in [3.63, 3.8) is 0 Å². The monoisotopic (exact) mass is 306 g/mol. The third kappa shape index (κ3) is 5.14. The average Bonchev–Trinajstić information content (AvgIpc) is 2.80. The Labute approximate surface area is 134 Å². The Hall–Kier alpha value is -0.830. The third-order valence-electron chi connectivity index (χ3n) is 4.63. The van der Waals surface area contributed by atoms with Gasteiger partial charge in [0.05, 0.1) is 5.84 Å². The van der Waals surface area contributed by atoms with Crippen molar-refractivity contribution in [3.8, 4) is 0 Å². The normalized spacial score (nSPS) is 21.5. The molecule has 2 nitrogen and oxygen atoms in total. The van der Waals surface area contributed by atoms with E-state index in [0.29, 0.717) is 11.5 Å². The number of amidine groups is 1. The molecule has 1 aliphatic rings. The van der Waals surface area contributed by atoms with Crippen LogP contribution in [0.4, 0.5) is 0 Å². The van der Waals surface area contributed by atoms with E-state index in [4.69, 9.17) is 4.99 Å². The number of nitrogens with one attached hydrogen (secondary N) is 1. The predicted molar refractivity (Wildman–Crippen MR) is 94.3 cm³/mol. The topological polar surface area (TPSA) is 24.4 Å². The summed E-state index contributed by atoms with van der Waals surface area (Å²) in [5, 5.41) is 5.88. The van der Waals surface area contributed by atoms with Crippen molar-refractivity contribution in [3.05, 3.63) is 22.4 Å². The Morgan fingerprint density at radius 3 is 2.81 bits per heavy atom. The molecule has 0 aromatic carbocycles. The van der Waals surface area contributed by atoms with E-state index in [0.717, 1.165) is 31.7 Å². The first kappa shape index (κ1) is 16.5. The molecule has 0 spiro atoms. The zero-order chi connectivity index (χ0) is 15.3. The zero-order valence-corrected chi connectivity index (χ0v) is 14.8. The number of aliphatic imine (C=N–C) groups is 1. The fourth-order valence-electron chi connectivity index (χ4n) is 3.08. The van der Waals surface area contributed by atoms with Gasteiger partial charge in [-0.2, -0.15) is 0 Å². The van der Waals surface area contributed by atoms with Crippen molar-refractivity contribution in [2.24, 2.45) is 16.3 Å². The van der Waals surface area contributed by atoms with E-state index in [1.807, 2.05) is 11.3 Å². The fourth-order valence-corrected chi connectivity index (χ4v) is 3.86. The molecule has 1 aromatic rings. The van der Waals surface area contributed by atoms with E-state index in [-0.39, 0.29) is 0 Å². The lowest BCUT2D eigenvalue weighted by Gasteiger charge is -2.29. The summed E-state index contributed by atoms with van der Waals surface area (Å²) in [5.74, 6) is 2.03. The van der Waals surface area contributed by atoms with Crippen LogP contribution in [0.25, 0.3) is 0 Å². The summed E-state index contributed by atoms with van der Waals surface area (Å²) in [4.78, 5) is 6.28. The molecule has 0 aliphatic carbocycles. The van der Waals surface area contributed by atoms with Gasteiger partial charge in [0.2, 0.25) is 0 Å². The maximum absolute atomic E-state index is 4.81. The first-order chi connectivity index (χ1) is 9.99. The maximum atomic E-state index is 4.81. The molecule has 2 rings (SSSR count). The standard InChI is InChI=1S/C18H30N2S/c1-5-15(13-16-7-6-12-21-16)20-17-9-8-14(10-11-19-17)18(2,3)4/h6-7,12,14-15H,5,8-11,13H2,1-4H3,(H,19,20). The highest BCUT2D eigenvalue weighted by Gasteiger charge is 2.26. The van der Waals surface area contributed by atoms with E-state index in [9.17, 15) is 0 Å². The molecule has 118 valence electrons. The Morgan fingerprint density at radius 2 is 2.19 bits per heavy atom. The van der Waals surface area contributed by atoms with Gasteiger partial charge in [0.15, 0.2) is 0 Å². The summed E-state index contributed by atoms with van der Waals surface area (Å²) in [5.41, 5.74) is 0.409. The molecule has 0 saturated heterocycles. The minimum Gasteiger partial charge on any atom is -0.371 e. The van der Waals surface area contributed by atoms with Crippen molar-refractivity contribution in [1.29, 1.82) is 0 Å². The second-order valence-corrected chi connectivity index (χ2v) is 8.28. The van der Waals surface area contributed by atoms with E-state index < -0.39 is 0 Å². The number of rotatable bonds is 4. The molecule has 2 heterocycles. The zero-order valence-electron chi connectivity index (χ0n) is 14.0. The lowest BCUT2D eigenvalue weighted by atomic mass is 9.76. The van der Waals surface area contributed by atoms with Crippen LogP contribution in [0.1, 0.15) is 58.3 Å². The van der Waals surface area contributed by atoms with Crippen LogP contribution in [-0.2, 0) is 6.42 Å². The van der Waals surface area contributed by atoms with Gasteiger partial charge in [-0.3, -0.25) is 4.99 Å². The molecule has 0 bridgehead atoms. The van der Waals surface area contributed by atoms with E-state index in [1.165, 1.54) is 23.6 Å². The van der Waals surface area contributed by atoms with Gasteiger partial charge in [0.1, 0.15) is 0 Å². The number of hydrogen-bond donors (Lipinski definition) is 1. The first-order valence-electron chi connectivity index (χ1n) is 8.31. The first-order valence-corrected chi connectivity index (χ1v) is 9.19. The Kier molecular flexibility index (Phi) is 5.86. The highest BCUT2D eigenvalue weighted by molar-refractivity contribution is 7.09. The van der Waals surface area contributed by atoms with Crippen LogP contribution in [0.5, 0.6) is 0 Å². The highest BCUT2D eigenvalue weighted by atomic mass is 32.1. The number of hydrogen-bond acceptors (Lipinski definition) is 3. The van der Waals surface area contributed by atoms with Crippen LogP contribution in [-0.4, -0.2) is 18.4 Å². The SMILES string of the molecule is CCC(Cc1cccs1)NC1=NCCC(C(C)(C)C)CC1. The molecule has 2 atom stereocenters. The summed E-state index contributed by atoms with van der Waals surface area (Å²) in [6, 6.07) is 4.90. The Morgan fingerprint density at radius 1 is 1.38 bits per heavy atom. The van der Waals surface area contributed by atoms with Crippen molar-refractivity contribution in [2.45, 2.75) is 65.8 Å². The van der Waals surface area contributed by atoms with Gasteiger partial charge >= 0.3 is 0 Å². The lowest BCUT2D eigenvalue weighted by Crippen LogP contribution is -2.36. The highest BCUT2D eigenvalue weighted by Crippen LogP contribution is 2.33. The number of nitrogens with zero attached hydrogens (tertiary/aromatic N) is 1. The number of thiophene rings is 1. The van der Waals surface area contributed by atoms with Crippen LogP contribution in [0.2, 0.25) is 0 Å². The van der Waals surface area contributed by atoms with Gasteiger partial charge in [0.25, 0.3) is 0 Å². The quantitative estimate of drug-likeness (QED) is 0.840. The second kappa shape index (κ2) is 7.44. The van der Waals surface area contributed by atoms with E-state index in [2.05, 4.69) is 50.5 Å². The Bertz CT molecular complexity index is 442. The second-order valence-electron chi connectivity index (χ2n) is 7.25. The average molecular weight is 307 g/mol. The molecule has 2 unspecified atom stereocenters. The van der Waals surface area contributed by atoms with E-state index in [1.54, 1.807) is 0 Å². The predicted octanol–water partition coefficient (Wildman–Crippen LogP) is 4.90. The third-order valence-corrected chi connectivity index (χ3v) is 5.52. The van der Waals surface area contributed by atoms with Crippen molar-refractivity contribution < 1.29 is 0 Å². The summed E-state index contributed by atoms with van der Waals surface area (Å²) in [6.45, 7) is 10.3. The maximum Gasteiger partial charge on any atom is 0.0965 e. The molecular weight excluding hydrogens is 276 g/mol. The summed E-state index contributed by atoms with van der Waals surface area (Å²) >= 11 is 1.86. The van der Waals surface area contributed by atoms with Crippen LogP contribution >= 0.6 is 11.3 Å². The van der Waals surface area contributed by atoms with Crippen molar-refractivity contribution >= 4 is 17.2 Å². The van der Waals surface area contributed by atoms with Gasteiger partial charge in [-0.15, -0.1) is 11.3 Å². The van der Waals surface area contributed by atoms with Crippen LogP contribution in [0, 0.1) is 11.3 Å². The van der Waals surface area contributed by atoms with Gasteiger partial charge in [-0.05, 0) is 42.0 Å². The molecular formula is C18H30N2S. The minimum absolute atomic E-state index is 0.409. The molecule has 1 aromatic heterocycles. The van der Waals surface area contributed by atoms with Crippen LogP contribution in [0.3, 0.4) is 0 Å². The van der Waals surface area contributed by atoms with E-state index >= 15 is 0 Å². The molecule has 0 fully saturated rings. The molecule has 1 aliphatic heterocycles. The summed E-state index contributed by atoms with van der Waals surface area (Å²) in [6.07, 6.45) is 5.89. The summed E-state index contributed by atoms with van der Waals surface area (Å²) in [7, 11) is 0. The molecule has 3 heteroatoms. The van der Waals surface area contributed by atoms with Gasteiger partial charge in [-0.1, -0.05) is 33.8 Å². The molecule has 21 heavy (non-hydrogen) atoms. The fraction of sp³-hybridized carbons (Fsp3) is 0.722. The molecule has 0 saturated carbocycles. The largest absolute Gasteiger partial charge is 0.371 e. The van der Waals surface area contributed by atoms with Gasteiger partial charge < -0.3 is 5.32 Å². The smallest absolute Gasteiger partial charge is 0.0965 e. The van der Waals surface area contributed by atoms with Crippen LogP contribution in [0.15, 0.2) is 22.5 Å². The van der Waals surface area contributed by atoms with Crippen molar-refractivity contribution in [2.75, 3.05) is 6.54 Å². The van der Waals surface area contributed by atoms with Gasteiger partial charge in [-0.25, -0.2) is 0 Å². The Balaban J connectivity index is 1.88. The van der Waals surface area contributed by atoms with Crippen LogP contribution < -0.4 is 5.32 Å². The molecule has 0 amide bonds. The molecule has 0 radical (unpaired) electrons. The lowest BCUT2D eigenvalue weighted by molar-refractivity contribution is 0.220. The van der Waals surface area contributed by atoms with Gasteiger partial charge in [0, 0.05) is 30.3 Å².